The van der Waals surface area contributed by atoms with Gasteiger partial charge in [0.2, 0.25) is 0 Å². The first-order valence-electron chi connectivity index (χ1n) is 12.5. The Morgan fingerprint density at radius 2 is 1.85 bits per heavy atom. The van der Waals surface area contributed by atoms with Crippen molar-refractivity contribution in [2.24, 2.45) is 5.92 Å². The minimum Gasteiger partial charge on any atom is -0.479 e. The Labute approximate surface area is 197 Å². The molecule has 0 spiro atoms. The fraction of sp³-hybridized carbons (Fsp3) is 0.500. The van der Waals surface area contributed by atoms with Crippen LogP contribution in [0, 0.1) is 5.92 Å². The molecule has 1 saturated carbocycles. The number of esters is 1. The number of carbonyl (C=O) groups is 1. The lowest BCUT2D eigenvalue weighted by Gasteiger charge is -2.25. The lowest BCUT2D eigenvalue weighted by Crippen LogP contribution is -2.31. The molecule has 5 heteroatoms. The molecular formula is C28H36N2O3. The molecule has 1 aliphatic carbocycles. The third kappa shape index (κ3) is 5.95. The molecule has 3 aromatic rings. The average Bonchev–Trinajstić information content (AvgIpc) is 3.20. The molecule has 1 fully saturated rings. The van der Waals surface area contributed by atoms with Crippen LogP contribution in [0.2, 0.25) is 0 Å². The molecule has 2 aromatic carbocycles. The van der Waals surface area contributed by atoms with Gasteiger partial charge in [0.15, 0.2) is 6.10 Å². The molecule has 0 N–H and O–H groups in total. The van der Waals surface area contributed by atoms with Crippen LogP contribution in [-0.2, 0) is 22.5 Å². The molecule has 0 aliphatic heterocycles. The first-order chi connectivity index (χ1) is 16.2. The van der Waals surface area contributed by atoms with Crippen LogP contribution in [-0.4, -0.2) is 28.7 Å². The SMILES string of the molecule is CCCCc1nc2ccccc2n1Cc1ccc(OC(CC2CCCCC2)C(=O)OC)cc1. The maximum absolute atomic E-state index is 12.4. The number of hydrogen-bond donors (Lipinski definition) is 0. The number of rotatable bonds is 10. The van der Waals surface area contributed by atoms with Gasteiger partial charge in [0.1, 0.15) is 11.6 Å². The van der Waals surface area contributed by atoms with Gasteiger partial charge in [0.25, 0.3) is 0 Å². The second-order valence-corrected chi connectivity index (χ2v) is 9.22. The molecule has 176 valence electrons. The number of imidazole rings is 1. The highest BCUT2D eigenvalue weighted by atomic mass is 16.6. The second kappa shape index (κ2) is 11.4. The van der Waals surface area contributed by atoms with Crippen molar-refractivity contribution in [3.63, 3.8) is 0 Å². The highest BCUT2D eigenvalue weighted by Gasteiger charge is 2.26. The van der Waals surface area contributed by atoms with Crippen molar-refractivity contribution in [2.45, 2.75) is 77.4 Å². The van der Waals surface area contributed by atoms with Gasteiger partial charge in [-0.3, -0.25) is 0 Å². The van der Waals surface area contributed by atoms with Crippen LogP contribution >= 0.6 is 0 Å². The molecule has 0 amide bonds. The van der Waals surface area contributed by atoms with Gasteiger partial charge >= 0.3 is 5.97 Å². The van der Waals surface area contributed by atoms with E-state index in [0.29, 0.717) is 11.7 Å². The summed E-state index contributed by atoms with van der Waals surface area (Å²) in [5.74, 6) is 2.11. The smallest absolute Gasteiger partial charge is 0.347 e. The predicted octanol–water partition coefficient (Wildman–Crippen LogP) is 6.32. The summed E-state index contributed by atoms with van der Waals surface area (Å²) in [4.78, 5) is 17.2. The van der Waals surface area contributed by atoms with Crippen molar-refractivity contribution < 1.29 is 14.3 Å². The zero-order chi connectivity index (χ0) is 23.0. The number of ether oxygens (including phenoxy) is 2. The van der Waals surface area contributed by atoms with Crippen molar-refractivity contribution in [3.8, 4) is 5.75 Å². The molecule has 1 aromatic heterocycles. The standard InChI is InChI=1S/C28H36N2O3/c1-3-4-14-27-29-24-12-8-9-13-25(24)30(27)20-22-15-17-23(18-16-22)33-26(28(31)32-2)19-21-10-6-5-7-11-21/h8-9,12-13,15-18,21,26H,3-7,10-11,14,19-20H2,1-2H3. The zero-order valence-electron chi connectivity index (χ0n) is 20.0. The quantitative estimate of drug-likeness (QED) is 0.341. The fourth-order valence-corrected chi connectivity index (χ4v) is 4.90. The Balaban J connectivity index is 1.47. The molecule has 33 heavy (non-hydrogen) atoms. The van der Waals surface area contributed by atoms with Gasteiger partial charge in [-0.15, -0.1) is 0 Å². The Kier molecular flexibility index (Phi) is 8.03. The number of para-hydroxylation sites is 2. The maximum atomic E-state index is 12.4. The molecule has 1 heterocycles. The molecule has 0 bridgehead atoms. The molecule has 1 unspecified atom stereocenters. The van der Waals surface area contributed by atoms with Gasteiger partial charge in [-0.25, -0.2) is 9.78 Å². The number of aryl methyl sites for hydroxylation is 1. The molecule has 1 aliphatic rings. The molecule has 1 atom stereocenters. The summed E-state index contributed by atoms with van der Waals surface area (Å²) in [6.07, 6.45) is 9.60. The van der Waals surface area contributed by atoms with E-state index in [1.807, 2.05) is 18.2 Å². The van der Waals surface area contributed by atoms with Gasteiger partial charge in [-0.05, 0) is 48.6 Å². The van der Waals surface area contributed by atoms with Gasteiger partial charge < -0.3 is 14.0 Å². The number of hydrogen-bond acceptors (Lipinski definition) is 4. The van der Waals surface area contributed by atoms with Crippen LogP contribution in [0.4, 0.5) is 0 Å². The highest BCUT2D eigenvalue weighted by Crippen LogP contribution is 2.29. The minimum atomic E-state index is -0.540. The Morgan fingerprint density at radius 3 is 2.58 bits per heavy atom. The molecular weight excluding hydrogens is 412 g/mol. The summed E-state index contributed by atoms with van der Waals surface area (Å²) in [6, 6.07) is 16.4. The average molecular weight is 449 g/mol. The van der Waals surface area contributed by atoms with Gasteiger partial charge in [-0.1, -0.05) is 69.7 Å². The van der Waals surface area contributed by atoms with Crippen molar-refractivity contribution in [1.29, 1.82) is 0 Å². The largest absolute Gasteiger partial charge is 0.479 e. The Bertz CT molecular complexity index is 1030. The van der Waals surface area contributed by atoms with E-state index in [-0.39, 0.29) is 5.97 Å². The van der Waals surface area contributed by atoms with Crippen LogP contribution in [0.25, 0.3) is 11.0 Å². The summed E-state index contributed by atoms with van der Waals surface area (Å²) in [5, 5.41) is 0. The highest BCUT2D eigenvalue weighted by molar-refractivity contribution is 5.76. The van der Waals surface area contributed by atoms with Crippen LogP contribution in [0.1, 0.15) is 69.7 Å². The number of carbonyl (C=O) groups excluding carboxylic acids is 1. The van der Waals surface area contributed by atoms with E-state index in [2.05, 4.69) is 41.8 Å². The van der Waals surface area contributed by atoms with E-state index in [1.54, 1.807) is 0 Å². The molecule has 0 radical (unpaired) electrons. The fourth-order valence-electron chi connectivity index (χ4n) is 4.90. The number of aromatic nitrogens is 2. The van der Waals surface area contributed by atoms with Gasteiger partial charge in [0, 0.05) is 13.0 Å². The number of methoxy groups -OCH3 is 1. The minimum absolute atomic E-state index is 0.282. The summed E-state index contributed by atoms with van der Waals surface area (Å²) in [6.45, 7) is 2.98. The van der Waals surface area contributed by atoms with Gasteiger partial charge in [0.05, 0.1) is 18.1 Å². The Hall–Kier alpha value is -2.82. The monoisotopic (exact) mass is 448 g/mol. The van der Waals surface area contributed by atoms with E-state index in [9.17, 15) is 4.79 Å². The number of fused-ring (bicyclic) bond motifs is 1. The van der Waals surface area contributed by atoms with Gasteiger partial charge in [-0.2, -0.15) is 0 Å². The van der Waals surface area contributed by atoms with E-state index in [4.69, 9.17) is 14.5 Å². The summed E-state index contributed by atoms with van der Waals surface area (Å²) >= 11 is 0. The molecule has 5 nitrogen and oxygen atoms in total. The van der Waals surface area contributed by atoms with E-state index in [1.165, 1.54) is 50.3 Å². The third-order valence-electron chi connectivity index (χ3n) is 6.77. The summed E-state index contributed by atoms with van der Waals surface area (Å²) < 4.78 is 13.5. The lowest BCUT2D eigenvalue weighted by atomic mass is 9.85. The summed E-state index contributed by atoms with van der Waals surface area (Å²) in [7, 11) is 1.44. The topological polar surface area (TPSA) is 53.4 Å². The van der Waals surface area contributed by atoms with Crippen LogP contribution in [0.15, 0.2) is 48.5 Å². The van der Waals surface area contributed by atoms with Crippen LogP contribution < -0.4 is 4.74 Å². The first kappa shape index (κ1) is 23.3. The predicted molar refractivity (Wildman–Crippen MR) is 132 cm³/mol. The van der Waals surface area contributed by atoms with Crippen molar-refractivity contribution in [1.82, 2.24) is 9.55 Å². The van der Waals surface area contributed by atoms with E-state index in [0.717, 1.165) is 43.6 Å². The normalized spacial score (nSPS) is 15.5. The van der Waals surface area contributed by atoms with Crippen molar-refractivity contribution in [2.75, 3.05) is 7.11 Å². The lowest BCUT2D eigenvalue weighted by molar-refractivity contribution is -0.149. The zero-order valence-corrected chi connectivity index (χ0v) is 20.0. The van der Waals surface area contributed by atoms with Crippen LogP contribution in [0.3, 0.4) is 0 Å². The first-order valence-corrected chi connectivity index (χ1v) is 12.5. The summed E-state index contributed by atoms with van der Waals surface area (Å²) in [5.41, 5.74) is 3.40. The molecule has 0 saturated heterocycles. The maximum Gasteiger partial charge on any atom is 0.347 e. The van der Waals surface area contributed by atoms with E-state index < -0.39 is 6.10 Å². The van der Waals surface area contributed by atoms with E-state index >= 15 is 0 Å². The molecule has 4 rings (SSSR count). The second-order valence-electron chi connectivity index (χ2n) is 9.22. The van der Waals surface area contributed by atoms with Crippen molar-refractivity contribution in [3.05, 3.63) is 59.9 Å². The number of benzene rings is 2. The number of nitrogens with zero attached hydrogens (tertiary/aromatic N) is 2. The number of unbranched alkanes of at least 4 members (excludes halogenated alkanes) is 1. The van der Waals surface area contributed by atoms with Crippen LogP contribution in [0.5, 0.6) is 5.75 Å². The van der Waals surface area contributed by atoms with Crippen molar-refractivity contribution >= 4 is 17.0 Å². The third-order valence-corrected chi connectivity index (χ3v) is 6.77. The Morgan fingerprint density at radius 1 is 1.09 bits per heavy atom.